The number of aryl methyl sites for hydroxylation is 1. The van der Waals surface area contributed by atoms with Crippen LogP contribution in [0.25, 0.3) is 6.08 Å². The zero-order valence-electron chi connectivity index (χ0n) is 18.4. The Labute approximate surface area is 202 Å². The predicted octanol–water partition coefficient (Wildman–Crippen LogP) is 5.01. The quantitative estimate of drug-likeness (QED) is 0.336. The number of thioether (sulfide) groups is 1. The van der Waals surface area contributed by atoms with Crippen molar-refractivity contribution in [2.75, 3.05) is 7.11 Å². The molecular formula is C25H21NO6S2. The van der Waals surface area contributed by atoms with Gasteiger partial charge in [0, 0.05) is 0 Å². The van der Waals surface area contributed by atoms with Crippen molar-refractivity contribution in [3.63, 3.8) is 0 Å². The zero-order valence-corrected chi connectivity index (χ0v) is 20.1. The van der Waals surface area contributed by atoms with Crippen LogP contribution < -0.4 is 8.92 Å². The number of rotatable bonds is 7. The van der Waals surface area contributed by atoms with Gasteiger partial charge in [-0.15, -0.1) is 0 Å². The number of hydrogen-bond donors (Lipinski definition) is 0. The zero-order chi connectivity index (χ0) is 24.3. The molecule has 174 valence electrons. The SMILES string of the molecule is COc1ccc(S(=O)(=O)Oc2cccc(/C=C3\SC(=O)N(Cc4ccccc4C)C3=O)c2)cc1. The fourth-order valence-electron chi connectivity index (χ4n) is 3.32. The third-order valence-corrected chi connectivity index (χ3v) is 7.34. The second-order valence-electron chi connectivity index (χ2n) is 7.48. The van der Waals surface area contributed by atoms with Crippen LogP contribution in [0.15, 0.2) is 82.6 Å². The van der Waals surface area contributed by atoms with Crippen LogP contribution >= 0.6 is 11.8 Å². The first kappa shape index (κ1) is 23.6. The van der Waals surface area contributed by atoms with E-state index < -0.39 is 16.0 Å². The first-order valence-corrected chi connectivity index (χ1v) is 12.5. The lowest BCUT2D eigenvalue weighted by atomic mass is 10.1. The summed E-state index contributed by atoms with van der Waals surface area (Å²) in [6.07, 6.45) is 1.55. The van der Waals surface area contributed by atoms with Crippen molar-refractivity contribution in [2.45, 2.75) is 18.4 Å². The third kappa shape index (κ3) is 5.16. The highest BCUT2D eigenvalue weighted by Crippen LogP contribution is 2.34. The van der Waals surface area contributed by atoms with Crippen molar-refractivity contribution >= 4 is 39.1 Å². The maximum absolute atomic E-state index is 12.9. The average molecular weight is 496 g/mol. The summed E-state index contributed by atoms with van der Waals surface area (Å²) in [6.45, 7) is 2.12. The van der Waals surface area contributed by atoms with Crippen LogP contribution in [0.4, 0.5) is 4.79 Å². The number of ether oxygens (including phenoxy) is 1. The minimum atomic E-state index is -4.06. The highest BCUT2D eigenvalue weighted by Gasteiger charge is 2.35. The Morgan fingerprint density at radius 3 is 2.38 bits per heavy atom. The number of carbonyl (C=O) groups excluding carboxylic acids is 2. The second kappa shape index (κ2) is 9.74. The number of hydrogen-bond acceptors (Lipinski definition) is 7. The van der Waals surface area contributed by atoms with Gasteiger partial charge in [-0.05, 0) is 77.9 Å². The van der Waals surface area contributed by atoms with Gasteiger partial charge < -0.3 is 8.92 Å². The van der Waals surface area contributed by atoms with Gasteiger partial charge in [-0.25, -0.2) is 0 Å². The number of nitrogens with zero attached hydrogens (tertiary/aromatic N) is 1. The largest absolute Gasteiger partial charge is 0.497 e. The molecule has 7 nitrogen and oxygen atoms in total. The molecule has 1 aliphatic heterocycles. The van der Waals surface area contributed by atoms with Crippen LogP contribution in [-0.2, 0) is 21.5 Å². The normalized spacial score (nSPS) is 15.1. The van der Waals surface area contributed by atoms with E-state index in [1.54, 1.807) is 18.2 Å². The van der Waals surface area contributed by atoms with Crippen LogP contribution in [0.2, 0.25) is 0 Å². The molecule has 9 heteroatoms. The van der Waals surface area contributed by atoms with Crippen LogP contribution in [0.5, 0.6) is 11.5 Å². The second-order valence-corrected chi connectivity index (χ2v) is 10.0. The Balaban J connectivity index is 1.52. The summed E-state index contributed by atoms with van der Waals surface area (Å²) < 4.78 is 35.5. The molecule has 2 amide bonds. The Morgan fingerprint density at radius 1 is 0.941 bits per heavy atom. The topological polar surface area (TPSA) is 90.0 Å². The molecule has 1 heterocycles. The van der Waals surface area contributed by atoms with Gasteiger partial charge >= 0.3 is 10.1 Å². The predicted molar refractivity (Wildman–Crippen MR) is 130 cm³/mol. The Kier molecular flexibility index (Phi) is 6.76. The molecule has 0 aliphatic carbocycles. The molecule has 1 fully saturated rings. The van der Waals surface area contributed by atoms with Crippen molar-refractivity contribution in [2.24, 2.45) is 0 Å². The maximum atomic E-state index is 12.9. The molecule has 1 aliphatic rings. The number of carbonyl (C=O) groups is 2. The van der Waals surface area contributed by atoms with E-state index >= 15 is 0 Å². The molecule has 4 rings (SSSR count). The van der Waals surface area contributed by atoms with E-state index in [4.69, 9.17) is 8.92 Å². The van der Waals surface area contributed by atoms with Crippen molar-refractivity contribution < 1.29 is 26.9 Å². The molecule has 1 saturated heterocycles. The fraction of sp³-hybridized carbons (Fsp3) is 0.120. The molecule has 0 spiro atoms. The molecule has 0 aromatic heterocycles. The molecule has 0 saturated carbocycles. The monoisotopic (exact) mass is 495 g/mol. The van der Waals surface area contributed by atoms with Crippen molar-refractivity contribution in [1.82, 2.24) is 4.90 Å². The van der Waals surface area contributed by atoms with Crippen LogP contribution in [0.3, 0.4) is 0 Å². The van der Waals surface area contributed by atoms with Gasteiger partial charge in [0.05, 0.1) is 18.6 Å². The van der Waals surface area contributed by atoms with E-state index in [9.17, 15) is 18.0 Å². The lowest BCUT2D eigenvalue weighted by molar-refractivity contribution is -0.123. The highest BCUT2D eigenvalue weighted by atomic mass is 32.2. The van der Waals surface area contributed by atoms with E-state index in [0.717, 1.165) is 22.9 Å². The Bertz CT molecular complexity index is 1380. The van der Waals surface area contributed by atoms with Gasteiger partial charge in [-0.2, -0.15) is 8.42 Å². The van der Waals surface area contributed by atoms with E-state index in [-0.39, 0.29) is 27.3 Å². The number of methoxy groups -OCH3 is 1. The maximum Gasteiger partial charge on any atom is 0.339 e. The summed E-state index contributed by atoms with van der Waals surface area (Å²) in [7, 11) is -2.57. The van der Waals surface area contributed by atoms with Gasteiger partial charge in [0.1, 0.15) is 16.4 Å². The summed E-state index contributed by atoms with van der Waals surface area (Å²) in [4.78, 5) is 26.8. The summed E-state index contributed by atoms with van der Waals surface area (Å²) in [5, 5.41) is -0.353. The molecule has 0 radical (unpaired) electrons. The minimum absolute atomic E-state index is 0.0176. The first-order chi connectivity index (χ1) is 16.3. The van der Waals surface area contributed by atoms with E-state index in [1.807, 2.05) is 31.2 Å². The lowest BCUT2D eigenvalue weighted by Gasteiger charge is -2.14. The lowest BCUT2D eigenvalue weighted by Crippen LogP contribution is -2.27. The smallest absolute Gasteiger partial charge is 0.339 e. The summed E-state index contributed by atoms with van der Waals surface area (Å²) in [5.41, 5.74) is 2.42. The third-order valence-electron chi connectivity index (χ3n) is 5.17. The van der Waals surface area contributed by atoms with E-state index in [1.165, 1.54) is 48.4 Å². The number of amides is 2. The molecule has 34 heavy (non-hydrogen) atoms. The van der Waals surface area contributed by atoms with Gasteiger partial charge in [-0.1, -0.05) is 36.4 Å². The van der Waals surface area contributed by atoms with Crippen molar-refractivity contribution in [3.05, 3.63) is 94.4 Å². The Hall–Kier alpha value is -3.56. The van der Waals surface area contributed by atoms with Gasteiger partial charge in [0.15, 0.2) is 0 Å². The molecule has 3 aromatic carbocycles. The molecule has 0 atom stereocenters. The fourth-order valence-corrected chi connectivity index (χ4v) is 5.08. The Morgan fingerprint density at radius 2 is 1.68 bits per heavy atom. The number of benzene rings is 3. The molecular weight excluding hydrogens is 474 g/mol. The number of imide groups is 1. The van der Waals surface area contributed by atoms with Crippen molar-refractivity contribution in [1.29, 1.82) is 0 Å². The average Bonchev–Trinajstić information content (AvgIpc) is 3.07. The van der Waals surface area contributed by atoms with Gasteiger partial charge in [0.2, 0.25) is 0 Å². The summed E-state index contributed by atoms with van der Waals surface area (Å²) in [5.74, 6) is 0.219. The molecule has 0 unspecified atom stereocenters. The van der Waals surface area contributed by atoms with Crippen molar-refractivity contribution in [3.8, 4) is 11.5 Å². The van der Waals surface area contributed by atoms with Gasteiger partial charge in [-0.3, -0.25) is 14.5 Å². The summed E-state index contributed by atoms with van der Waals surface area (Å²) in [6, 6.07) is 19.7. The molecule has 0 N–H and O–H groups in total. The summed E-state index contributed by atoms with van der Waals surface area (Å²) >= 11 is 0.849. The highest BCUT2D eigenvalue weighted by molar-refractivity contribution is 8.18. The van der Waals surface area contributed by atoms with Crippen LogP contribution in [-0.4, -0.2) is 31.6 Å². The standard InChI is InChI=1S/C25H21NO6S2/c1-17-6-3-4-8-19(17)16-26-24(27)23(33-25(26)28)15-18-7-5-9-21(14-18)32-34(29,30)22-12-10-20(31-2)11-13-22/h3-15H,16H2,1-2H3/b23-15-. The molecule has 0 bridgehead atoms. The molecule has 3 aromatic rings. The van der Waals surface area contributed by atoms with Crippen LogP contribution in [0, 0.1) is 6.92 Å². The first-order valence-electron chi connectivity index (χ1n) is 10.3. The van der Waals surface area contributed by atoms with Gasteiger partial charge in [0.25, 0.3) is 11.1 Å². The van der Waals surface area contributed by atoms with E-state index in [0.29, 0.717) is 11.3 Å². The van der Waals surface area contributed by atoms with Crippen LogP contribution in [0.1, 0.15) is 16.7 Å². The minimum Gasteiger partial charge on any atom is -0.497 e. The van der Waals surface area contributed by atoms with E-state index in [2.05, 4.69) is 0 Å².